The molecule has 0 aliphatic carbocycles. The summed E-state index contributed by atoms with van der Waals surface area (Å²) in [7, 11) is 0. The van der Waals surface area contributed by atoms with Gasteiger partial charge in [0.1, 0.15) is 24.1 Å². The Morgan fingerprint density at radius 3 is 2.31 bits per heavy atom. The summed E-state index contributed by atoms with van der Waals surface area (Å²) in [5, 5.41) is 1.94. The lowest BCUT2D eigenvalue weighted by molar-refractivity contribution is 0.0577. The molecule has 0 bridgehead atoms. The van der Waals surface area contributed by atoms with Gasteiger partial charge in [-0.2, -0.15) is 0 Å². The second-order valence-electron chi connectivity index (χ2n) is 9.00. The fraction of sp³-hybridized carbons (Fsp3) is 0.346. The molecular formula is C26H28BrNO4. The predicted octanol–water partition coefficient (Wildman–Crippen LogP) is 6.71. The third-order valence-electron chi connectivity index (χ3n) is 5.26. The molecule has 1 saturated heterocycles. The van der Waals surface area contributed by atoms with E-state index in [-0.39, 0.29) is 12.2 Å². The van der Waals surface area contributed by atoms with E-state index >= 15 is 0 Å². The Bertz CT molecular complexity index is 1110. The third kappa shape index (κ3) is 5.25. The van der Waals surface area contributed by atoms with Crippen LogP contribution in [0.15, 0.2) is 65.1 Å². The van der Waals surface area contributed by atoms with Crippen LogP contribution in [0, 0.1) is 0 Å². The average molecular weight is 498 g/mol. The monoisotopic (exact) mass is 497 g/mol. The summed E-state index contributed by atoms with van der Waals surface area (Å²) in [4.78, 5) is 14.8. The first-order valence-electron chi connectivity index (χ1n) is 10.8. The highest BCUT2D eigenvalue weighted by Crippen LogP contribution is 2.41. The smallest absolute Gasteiger partial charge is 0.414 e. The lowest BCUT2D eigenvalue weighted by Gasteiger charge is -2.28. The molecule has 1 aliphatic rings. The number of carbonyl (C=O) groups excluding carboxylic acids is 1. The number of ether oxygens (including phenoxy) is 3. The molecule has 3 aromatic rings. The van der Waals surface area contributed by atoms with Crippen LogP contribution in [0.2, 0.25) is 0 Å². The Balaban J connectivity index is 1.74. The first-order valence-corrected chi connectivity index (χ1v) is 11.6. The Morgan fingerprint density at radius 2 is 1.69 bits per heavy atom. The normalized spacial score (nSPS) is 17.8. The molecule has 0 spiro atoms. The molecule has 0 aromatic heterocycles. The van der Waals surface area contributed by atoms with Gasteiger partial charge in [-0.3, -0.25) is 4.90 Å². The maximum atomic E-state index is 13.2. The highest BCUT2D eigenvalue weighted by Gasteiger charge is 2.39. The van der Waals surface area contributed by atoms with E-state index in [1.54, 1.807) is 4.90 Å². The van der Waals surface area contributed by atoms with Crippen LogP contribution in [0.3, 0.4) is 0 Å². The number of fused-ring (bicyclic) bond motifs is 1. The molecule has 1 fully saturated rings. The highest BCUT2D eigenvalue weighted by atomic mass is 79.9. The molecule has 0 unspecified atom stereocenters. The number of amides is 1. The molecule has 1 heterocycles. The molecule has 3 aromatic carbocycles. The zero-order chi connectivity index (χ0) is 22.9. The predicted molar refractivity (Wildman–Crippen MR) is 130 cm³/mol. The van der Waals surface area contributed by atoms with Crippen LogP contribution in [0.5, 0.6) is 5.75 Å². The molecular weight excluding hydrogens is 470 g/mol. The van der Waals surface area contributed by atoms with E-state index in [1.165, 1.54) is 0 Å². The van der Waals surface area contributed by atoms with E-state index in [4.69, 9.17) is 14.2 Å². The molecule has 2 atom stereocenters. The second-order valence-corrected chi connectivity index (χ2v) is 9.79. The van der Waals surface area contributed by atoms with Gasteiger partial charge in [-0.25, -0.2) is 4.79 Å². The van der Waals surface area contributed by atoms with Crippen molar-refractivity contribution in [3.8, 4) is 5.75 Å². The summed E-state index contributed by atoms with van der Waals surface area (Å²) in [5.41, 5.74) is 1.16. The zero-order valence-electron chi connectivity index (χ0n) is 18.8. The number of anilines is 1. The Morgan fingerprint density at radius 1 is 1.06 bits per heavy atom. The molecule has 1 amide bonds. The minimum Gasteiger partial charge on any atom is -0.488 e. The van der Waals surface area contributed by atoms with Crippen molar-refractivity contribution >= 4 is 38.5 Å². The van der Waals surface area contributed by atoms with Crippen molar-refractivity contribution in [3.63, 3.8) is 0 Å². The molecule has 6 heteroatoms. The van der Waals surface area contributed by atoms with Gasteiger partial charge in [0.15, 0.2) is 0 Å². The summed E-state index contributed by atoms with van der Waals surface area (Å²) >= 11 is 3.74. The van der Waals surface area contributed by atoms with Crippen molar-refractivity contribution in [2.45, 2.75) is 52.1 Å². The number of hydrogen-bond donors (Lipinski definition) is 0. The van der Waals surface area contributed by atoms with Crippen LogP contribution in [0.1, 0.15) is 33.3 Å². The zero-order valence-corrected chi connectivity index (χ0v) is 20.4. The van der Waals surface area contributed by atoms with Crippen LogP contribution in [0.4, 0.5) is 10.5 Å². The third-order valence-corrected chi connectivity index (χ3v) is 6.10. The minimum atomic E-state index is -0.610. The van der Waals surface area contributed by atoms with Gasteiger partial charge in [0.05, 0.1) is 18.3 Å². The number of halogens is 1. The van der Waals surface area contributed by atoms with Crippen molar-refractivity contribution in [1.29, 1.82) is 0 Å². The van der Waals surface area contributed by atoms with Crippen molar-refractivity contribution in [2.75, 3.05) is 11.4 Å². The Labute approximate surface area is 197 Å². The first kappa shape index (κ1) is 22.6. The molecule has 32 heavy (non-hydrogen) atoms. The van der Waals surface area contributed by atoms with E-state index in [9.17, 15) is 4.79 Å². The van der Waals surface area contributed by atoms with Crippen LogP contribution in [0.25, 0.3) is 10.8 Å². The number of nitrogens with zero attached hydrogens (tertiary/aromatic N) is 1. The maximum absolute atomic E-state index is 13.2. The molecule has 1 aliphatic heterocycles. The van der Waals surface area contributed by atoms with Crippen molar-refractivity contribution in [1.82, 2.24) is 0 Å². The number of carbonyl (C=O) groups is 1. The number of benzene rings is 3. The Hall–Kier alpha value is -2.57. The lowest BCUT2D eigenvalue weighted by atomic mass is 10.1. The summed E-state index contributed by atoms with van der Waals surface area (Å²) < 4.78 is 18.4. The summed E-state index contributed by atoms with van der Waals surface area (Å²) in [6, 6.07) is 19.9. The largest absolute Gasteiger partial charge is 0.488 e. The van der Waals surface area contributed by atoms with Crippen molar-refractivity contribution in [3.05, 3.63) is 70.7 Å². The maximum Gasteiger partial charge on any atom is 0.414 e. The lowest BCUT2D eigenvalue weighted by Crippen LogP contribution is -2.39. The standard InChI is InChI=1S/C26H28BrNO4/c1-17-23(31-17)15-28(25(29)32-26(2,3)4)21-14-22(30-16-18-10-6-5-7-11-18)19-12-8-9-13-20(19)24(21)27/h5-14,17,23H,15-16H2,1-4H3/t17-,23-/m1/s1. The van der Waals surface area contributed by atoms with Crippen LogP contribution in [-0.2, 0) is 16.1 Å². The quantitative estimate of drug-likeness (QED) is 0.355. The fourth-order valence-electron chi connectivity index (χ4n) is 3.53. The fourth-order valence-corrected chi connectivity index (χ4v) is 4.21. The van der Waals surface area contributed by atoms with Gasteiger partial charge >= 0.3 is 6.09 Å². The van der Waals surface area contributed by atoms with E-state index in [0.717, 1.165) is 20.8 Å². The summed E-state index contributed by atoms with van der Waals surface area (Å²) in [6.07, 6.45) is -0.312. The van der Waals surface area contributed by atoms with Crippen molar-refractivity contribution < 1.29 is 19.0 Å². The molecule has 0 radical (unpaired) electrons. The minimum absolute atomic E-state index is 0.0189. The van der Waals surface area contributed by atoms with E-state index in [1.807, 2.05) is 88.4 Å². The SMILES string of the molecule is C[C@H]1O[C@@H]1CN(C(=O)OC(C)(C)C)c1cc(OCc2ccccc2)c2ccccc2c1Br. The van der Waals surface area contributed by atoms with E-state index < -0.39 is 11.7 Å². The van der Waals surface area contributed by atoms with Crippen LogP contribution < -0.4 is 9.64 Å². The van der Waals surface area contributed by atoms with E-state index in [0.29, 0.717) is 24.6 Å². The molecule has 168 valence electrons. The van der Waals surface area contributed by atoms with Crippen molar-refractivity contribution in [2.24, 2.45) is 0 Å². The van der Waals surface area contributed by atoms with Gasteiger partial charge < -0.3 is 14.2 Å². The van der Waals surface area contributed by atoms with Crippen LogP contribution >= 0.6 is 15.9 Å². The van der Waals surface area contributed by atoms with Gasteiger partial charge in [-0.05, 0) is 49.2 Å². The average Bonchev–Trinajstić information content (AvgIpc) is 3.46. The highest BCUT2D eigenvalue weighted by molar-refractivity contribution is 9.10. The molecule has 4 rings (SSSR count). The topological polar surface area (TPSA) is 51.3 Å². The summed E-state index contributed by atoms with van der Waals surface area (Å²) in [5.74, 6) is 0.709. The van der Waals surface area contributed by atoms with Crippen LogP contribution in [-0.4, -0.2) is 30.4 Å². The van der Waals surface area contributed by atoms with Gasteiger partial charge in [0, 0.05) is 21.3 Å². The molecule has 0 N–H and O–H groups in total. The second kappa shape index (κ2) is 9.12. The first-order chi connectivity index (χ1) is 15.2. The number of epoxide rings is 1. The van der Waals surface area contributed by atoms with Gasteiger partial charge in [-0.1, -0.05) is 54.6 Å². The van der Waals surface area contributed by atoms with Gasteiger partial charge in [-0.15, -0.1) is 0 Å². The van der Waals surface area contributed by atoms with Gasteiger partial charge in [0.25, 0.3) is 0 Å². The number of hydrogen-bond acceptors (Lipinski definition) is 4. The van der Waals surface area contributed by atoms with E-state index in [2.05, 4.69) is 15.9 Å². The van der Waals surface area contributed by atoms with Gasteiger partial charge in [0.2, 0.25) is 0 Å². The Kier molecular flexibility index (Phi) is 6.45. The summed E-state index contributed by atoms with van der Waals surface area (Å²) in [6.45, 7) is 8.43. The molecule has 5 nitrogen and oxygen atoms in total. The number of rotatable bonds is 6. The molecule has 0 saturated carbocycles.